The molecule has 0 aliphatic heterocycles. The van der Waals surface area contributed by atoms with Crippen molar-refractivity contribution >= 4 is 71.2 Å². The molecule has 2 heteroatoms. The molecule has 0 saturated carbocycles. The van der Waals surface area contributed by atoms with Crippen LogP contribution in [0.4, 0.5) is 0 Å². The van der Waals surface area contributed by atoms with Crippen LogP contribution in [0.2, 0.25) is 0 Å². The quantitative estimate of drug-likeness (QED) is 0.174. The predicted molar refractivity (Wildman–Crippen MR) is 216 cm³/mol. The molecule has 51 heavy (non-hydrogen) atoms. The zero-order valence-electron chi connectivity index (χ0n) is 28.2. The number of fused-ring (bicyclic) bond motifs is 12. The lowest BCUT2D eigenvalue weighted by atomic mass is 9.92. The average molecular weight is 652 g/mol. The second kappa shape index (κ2) is 10.8. The molecule has 1 unspecified atom stereocenters. The number of furan rings is 1. The van der Waals surface area contributed by atoms with Crippen LogP contribution in [0.1, 0.15) is 30.5 Å². The summed E-state index contributed by atoms with van der Waals surface area (Å²) < 4.78 is 8.97. The van der Waals surface area contributed by atoms with Crippen LogP contribution in [0.5, 0.6) is 0 Å². The Hall–Kier alpha value is -6.38. The summed E-state index contributed by atoms with van der Waals surface area (Å²) in [5, 5.41) is 11.4. The van der Waals surface area contributed by atoms with Gasteiger partial charge in [0.05, 0.1) is 5.52 Å². The summed E-state index contributed by atoms with van der Waals surface area (Å²) in [6, 6.07) is 55.5. The van der Waals surface area contributed by atoms with E-state index in [1.807, 2.05) is 6.07 Å². The molecule has 2 nitrogen and oxygen atoms in total. The SMILES string of the molecule is CC1CC=Cc2c1n(-c1cccc(-c3ccc4c5ccccc5c5ccccc5c4c3)c1)c1ccc(-c3cccc4c3oc3ccccc34)cc21. The summed E-state index contributed by atoms with van der Waals surface area (Å²) in [5.74, 6) is 0.392. The van der Waals surface area contributed by atoms with Crippen molar-refractivity contribution in [1.29, 1.82) is 0 Å². The summed E-state index contributed by atoms with van der Waals surface area (Å²) in [7, 11) is 0. The van der Waals surface area contributed by atoms with E-state index < -0.39 is 0 Å². The lowest BCUT2D eigenvalue weighted by molar-refractivity contribution is 0.670. The molecule has 1 aliphatic rings. The number of benzene rings is 8. The minimum absolute atomic E-state index is 0.392. The van der Waals surface area contributed by atoms with Crippen LogP contribution in [0.3, 0.4) is 0 Å². The van der Waals surface area contributed by atoms with Crippen molar-refractivity contribution < 1.29 is 4.42 Å². The molecule has 240 valence electrons. The highest BCUT2D eigenvalue weighted by molar-refractivity contribution is 6.25. The maximum atomic E-state index is 6.46. The monoisotopic (exact) mass is 651 g/mol. The predicted octanol–water partition coefficient (Wildman–Crippen LogP) is 13.8. The highest BCUT2D eigenvalue weighted by atomic mass is 16.3. The normalized spacial score (nSPS) is 14.4. The molecule has 0 amide bonds. The molecule has 1 atom stereocenters. The number of aromatic nitrogens is 1. The first-order valence-electron chi connectivity index (χ1n) is 17.9. The summed E-state index contributed by atoms with van der Waals surface area (Å²) in [6.45, 7) is 2.36. The standard InChI is InChI=1S/C49H33NO/c1-30-11-8-20-42-45-29-33(35-19-10-21-43-41-18-6-7-22-47(41)51-49(35)43)24-26-46(45)50(48(30)42)34-13-9-12-31(27-34)32-23-25-40-38-16-3-2-14-36(38)37-15-4-5-17-39(37)44(40)28-32/h2-10,12-30H,11H2,1H3. The Kier molecular flexibility index (Phi) is 6.03. The van der Waals surface area contributed by atoms with E-state index in [2.05, 4.69) is 169 Å². The first-order chi connectivity index (χ1) is 25.2. The Morgan fingerprint density at radius 3 is 1.94 bits per heavy atom. The number of para-hydroxylation sites is 2. The molecule has 11 rings (SSSR count). The minimum Gasteiger partial charge on any atom is -0.455 e. The van der Waals surface area contributed by atoms with E-state index in [-0.39, 0.29) is 0 Å². The Morgan fingerprint density at radius 2 is 1.14 bits per heavy atom. The van der Waals surface area contributed by atoms with E-state index in [4.69, 9.17) is 4.42 Å². The highest BCUT2D eigenvalue weighted by Crippen LogP contribution is 2.43. The Labute approximate surface area is 295 Å². The van der Waals surface area contributed by atoms with E-state index in [1.165, 1.54) is 76.9 Å². The third kappa shape index (κ3) is 4.17. The van der Waals surface area contributed by atoms with Gasteiger partial charge in [-0.25, -0.2) is 0 Å². The van der Waals surface area contributed by atoms with Crippen molar-refractivity contribution in [2.24, 2.45) is 0 Å². The van der Waals surface area contributed by atoms with E-state index in [0.717, 1.165) is 33.9 Å². The lowest BCUT2D eigenvalue weighted by Crippen LogP contribution is -2.07. The zero-order valence-corrected chi connectivity index (χ0v) is 28.2. The molecular formula is C49H33NO. The number of hydrogen-bond donors (Lipinski definition) is 0. The van der Waals surface area contributed by atoms with Crippen molar-refractivity contribution in [3.05, 3.63) is 169 Å². The van der Waals surface area contributed by atoms with Gasteiger partial charge in [0.15, 0.2) is 0 Å². The number of hydrogen-bond acceptors (Lipinski definition) is 1. The van der Waals surface area contributed by atoms with Crippen LogP contribution in [0.25, 0.3) is 99.2 Å². The number of rotatable bonds is 3. The van der Waals surface area contributed by atoms with Gasteiger partial charge >= 0.3 is 0 Å². The maximum absolute atomic E-state index is 6.46. The van der Waals surface area contributed by atoms with Gasteiger partial charge in [-0.2, -0.15) is 0 Å². The van der Waals surface area contributed by atoms with Gasteiger partial charge in [0.2, 0.25) is 0 Å². The minimum atomic E-state index is 0.392. The smallest absolute Gasteiger partial charge is 0.143 e. The van der Waals surface area contributed by atoms with Crippen molar-refractivity contribution in [2.45, 2.75) is 19.3 Å². The van der Waals surface area contributed by atoms with Gasteiger partial charge in [-0.05, 0) is 91.8 Å². The van der Waals surface area contributed by atoms with Gasteiger partial charge in [0.1, 0.15) is 11.2 Å². The fraction of sp³-hybridized carbons (Fsp3) is 0.0612. The maximum Gasteiger partial charge on any atom is 0.143 e. The molecule has 0 saturated heterocycles. The Bertz CT molecular complexity index is 3040. The first kappa shape index (κ1) is 28.5. The second-order valence-electron chi connectivity index (χ2n) is 14.1. The Morgan fingerprint density at radius 1 is 0.510 bits per heavy atom. The summed E-state index contributed by atoms with van der Waals surface area (Å²) in [4.78, 5) is 0. The van der Waals surface area contributed by atoms with Crippen LogP contribution in [0.15, 0.2) is 162 Å². The third-order valence-corrected chi connectivity index (χ3v) is 11.2. The Balaban J connectivity index is 1.09. The molecule has 8 aromatic carbocycles. The van der Waals surface area contributed by atoms with Crippen LogP contribution < -0.4 is 0 Å². The van der Waals surface area contributed by atoms with Crippen molar-refractivity contribution in [1.82, 2.24) is 4.57 Å². The van der Waals surface area contributed by atoms with E-state index in [1.54, 1.807) is 0 Å². The van der Waals surface area contributed by atoms with Crippen LogP contribution in [0, 0.1) is 0 Å². The van der Waals surface area contributed by atoms with Crippen LogP contribution in [-0.4, -0.2) is 4.57 Å². The molecule has 1 aliphatic carbocycles. The largest absolute Gasteiger partial charge is 0.455 e. The van der Waals surface area contributed by atoms with E-state index in [0.29, 0.717) is 5.92 Å². The van der Waals surface area contributed by atoms with Gasteiger partial charge in [-0.3, -0.25) is 0 Å². The third-order valence-electron chi connectivity index (χ3n) is 11.2. The van der Waals surface area contributed by atoms with Gasteiger partial charge in [0.25, 0.3) is 0 Å². The van der Waals surface area contributed by atoms with Gasteiger partial charge in [0, 0.05) is 44.6 Å². The zero-order chi connectivity index (χ0) is 33.6. The fourth-order valence-corrected chi connectivity index (χ4v) is 8.83. The molecule has 2 heterocycles. The van der Waals surface area contributed by atoms with Crippen molar-refractivity contribution in [3.63, 3.8) is 0 Å². The molecule has 0 fully saturated rings. The van der Waals surface area contributed by atoms with E-state index in [9.17, 15) is 0 Å². The second-order valence-corrected chi connectivity index (χ2v) is 14.1. The fourth-order valence-electron chi connectivity index (χ4n) is 8.83. The van der Waals surface area contributed by atoms with Gasteiger partial charge in [-0.1, -0.05) is 134 Å². The molecule has 0 bridgehead atoms. The van der Waals surface area contributed by atoms with Crippen LogP contribution >= 0.6 is 0 Å². The topological polar surface area (TPSA) is 18.1 Å². The lowest BCUT2D eigenvalue weighted by Gasteiger charge is -2.20. The molecule has 0 N–H and O–H groups in total. The van der Waals surface area contributed by atoms with Gasteiger partial charge < -0.3 is 8.98 Å². The van der Waals surface area contributed by atoms with Crippen molar-refractivity contribution in [2.75, 3.05) is 0 Å². The summed E-state index contributed by atoms with van der Waals surface area (Å²) in [6.07, 6.45) is 5.70. The molecule has 2 aromatic heterocycles. The molecular weight excluding hydrogens is 619 g/mol. The van der Waals surface area contributed by atoms with Crippen molar-refractivity contribution in [3.8, 4) is 27.9 Å². The molecule has 10 aromatic rings. The first-order valence-corrected chi connectivity index (χ1v) is 17.9. The molecule has 0 radical (unpaired) electrons. The van der Waals surface area contributed by atoms with Crippen LogP contribution in [-0.2, 0) is 0 Å². The number of allylic oxidation sites excluding steroid dienone is 1. The average Bonchev–Trinajstić information content (AvgIpc) is 3.74. The van der Waals surface area contributed by atoms with Gasteiger partial charge in [-0.15, -0.1) is 0 Å². The molecule has 0 spiro atoms. The summed E-state index contributed by atoms with van der Waals surface area (Å²) in [5.41, 5.74) is 11.7. The van der Waals surface area contributed by atoms with E-state index >= 15 is 0 Å². The number of nitrogens with zero attached hydrogens (tertiary/aromatic N) is 1. The summed E-state index contributed by atoms with van der Waals surface area (Å²) >= 11 is 0. The highest BCUT2D eigenvalue weighted by Gasteiger charge is 2.24.